The van der Waals surface area contributed by atoms with Gasteiger partial charge < -0.3 is 0 Å². The van der Waals surface area contributed by atoms with Crippen molar-refractivity contribution < 1.29 is 0 Å². The van der Waals surface area contributed by atoms with E-state index in [0.717, 1.165) is 35.5 Å². The molecule has 0 amide bonds. The fourth-order valence-electron chi connectivity index (χ4n) is 2.09. The van der Waals surface area contributed by atoms with Gasteiger partial charge in [0.25, 0.3) is 0 Å². The van der Waals surface area contributed by atoms with Gasteiger partial charge in [-0.3, -0.25) is 9.88 Å². The van der Waals surface area contributed by atoms with E-state index in [1.54, 1.807) is 0 Å². The molecule has 0 unspecified atom stereocenters. The predicted molar refractivity (Wildman–Crippen MR) is 82.9 cm³/mol. The van der Waals surface area contributed by atoms with Gasteiger partial charge in [0, 0.05) is 23.3 Å². The lowest BCUT2D eigenvalue weighted by Gasteiger charge is -2.20. The van der Waals surface area contributed by atoms with E-state index in [9.17, 15) is 0 Å². The van der Waals surface area contributed by atoms with Crippen LogP contribution in [0.5, 0.6) is 0 Å². The van der Waals surface area contributed by atoms with Gasteiger partial charge in [-0.25, -0.2) is 0 Å². The molecule has 2 nitrogen and oxygen atoms in total. The van der Waals surface area contributed by atoms with Crippen LogP contribution in [0.25, 0.3) is 0 Å². The van der Waals surface area contributed by atoms with Gasteiger partial charge in [-0.15, -0.1) is 0 Å². The summed E-state index contributed by atoms with van der Waals surface area (Å²) in [5.41, 5.74) is 3.54. The molecule has 0 aliphatic rings. The van der Waals surface area contributed by atoms with Crippen molar-refractivity contribution in [3.05, 3.63) is 63.9 Å². The van der Waals surface area contributed by atoms with Gasteiger partial charge in [-0.2, -0.15) is 0 Å². The van der Waals surface area contributed by atoms with Crippen LogP contribution >= 0.6 is 15.9 Å². The lowest BCUT2D eigenvalue weighted by Crippen LogP contribution is -2.22. The Morgan fingerprint density at radius 2 is 1.89 bits per heavy atom. The molecule has 1 heterocycles. The van der Waals surface area contributed by atoms with Crippen LogP contribution < -0.4 is 0 Å². The quantitative estimate of drug-likeness (QED) is 0.822. The van der Waals surface area contributed by atoms with E-state index < -0.39 is 0 Å². The topological polar surface area (TPSA) is 16.1 Å². The SMILES string of the molecule is CCN(Cc1cccc(Br)c1)Cc1cccc(C)n1. The summed E-state index contributed by atoms with van der Waals surface area (Å²) in [4.78, 5) is 6.96. The van der Waals surface area contributed by atoms with Crippen LogP contribution in [0.15, 0.2) is 46.9 Å². The van der Waals surface area contributed by atoms with Gasteiger partial charge in [-0.1, -0.05) is 41.1 Å². The second-order valence-electron chi connectivity index (χ2n) is 4.70. The molecule has 0 aliphatic heterocycles. The first-order valence-electron chi connectivity index (χ1n) is 6.56. The van der Waals surface area contributed by atoms with Crippen molar-refractivity contribution in [1.82, 2.24) is 9.88 Å². The summed E-state index contributed by atoms with van der Waals surface area (Å²) in [5, 5.41) is 0. The van der Waals surface area contributed by atoms with Crippen LogP contribution in [0.3, 0.4) is 0 Å². The zero-order valence-corrected chi connectivity index (χ0v) is 13.0. The lowest BCUT2D eigenvalue weighted by molar-refractivity contribution is 0.268. The zero-order valence-electron chi connectivity index (χ0n) is 11.4. The van der Waals surface area contributed by atoms with E-state index >= 15 is 0 Å². The third-order valence-electron chi connectivity index (χ3n) is 3.07. The third kappa shape index (κ3) is 4.44. The molecule has 0 saturated carbocycles. The molecule has 0 spiro atoms. The maximum atomic E-state index is 4.57. The van der Waals surface area contributed by atoms with Crippen molar-refractivity contribution in [3.8, 4) is 0 Å². The smallest absolute Gasteiger partial charge is 0.0547 e. The van der Waals surface area contributed by atoms with E-state index in [1.807, 2.05) is 13.0 Å². The zero-order chi connectivity index (χ0) is 13.7. The molecule has 0 atom stereocenters. The summed E-state index contributed by atoms with van der Waals surface area (Å²) in [6.07, 6.45) is 0. The monoisotopic (exact) mass is 318 g/mol. The van der Waals surface area contributed by atoms with Gasteiger partial charge in [-0.05, 0) is 43.3 Å². The van der Waals surface area contributed by atoms with Crippen LogP contribution in [-0.4, -0.2) is 16.4 Å². The Morgan fingerprint density at radius 1 is 1.11 bits per heavy atom. The number of benzene rings is 1. The van der Waals surface area contributed by atoms with E-state index in [2.05, 4.69) is 69.1 Å². The average molecular weight is 319 g/mol. The minimum absolute atomic E-state index is 0.894. The highest BCUT2D eigenvalue weighted by atomic mass is 79.9. The molecule has 0 fully saturated rings. The Labute approximate surface area is 123 Å². The molecule has 1 aromatic carbocycles. The Balaban J connectivity index is 2.04. The largest absolute Gasteiger partial charge is 0.294 e. The van der Waals surface area contributed by atoms with Crippen LogP contribution in [-0.2, 0) is 13.1 Å². The number of hydrogen-bond donors (Lipinski definition) is 0. The number of hydrogen-bond acceptors (Lipinski definition) is 2. The summed E-state index contributed by atoms with van der Waals surface area (Å²) < 4.78 is 1.13. The first-order valence-corrected chi connectivity index (χ1v) is 7.36. The highest BCUT2D eigenvalue weighted by Crippen LogP contribution is 2.14. The number of aromatic nitrogens is 1. The molecule has 0 saturated heterocycles. The van der Waals surface area contributed by atoms with E-state index in [0.29, 0.717) is 0 Å². The number of halogens is 1. The lowest BCUT2D eigenvalue weighted by atomic mass is 10.2. The molecule has 2 rings (SSSR count). The molecule has 0 aliphatic carbocycles. The van der Waals surface area contributed by atoms with Crippen LogP contribution in [0, 0.1) is 6.92 Å². The third-order valence-corrected chi connectivity index (χ3v) is 3.57. The standard InChI is InChI=1S/C16H19BrN2/c1-3-19(11-14-7-5-8-15(17)10-14)12-16-9-4-6-13(2)18-16/h4-10H,3,11-12H2,1-2H3. The molecule has 0 bridgehead atoms. The summed E-state index contributed by atoms with van der Waals surface area (Å²) in [6.45, 7) is 7.08. The number of rotatable bonds is 5. The highest BCUT2D eigenvalue weighted by Gasteiger charge is 2.06. The Hall–Kier alpha value is -1.19. The van der Waals surface area contributed by atoms with Crippen molar-refractivity contribution in [2.75, 3.05) is 6.54 Å². The van der Waals surface area contributed by atoms with Crippen molar-refractivity contribution in [2.24, 2.45) is 0 Å². The van der Waals surface area contributed by atoms with Gasteiger partial charge in [0.05, 0.1) is 5.69 Å². The first kappa shape index (κ1) is 14.2. The van der Waals surface area contributed by atoms with Crippen LogP contribution in [0.4, 0.5) is 0 Å². The molecular formula is C16H19BrN2. The first-order chi connectivity index (χ1) is 9.17. The molecule has 3 heteroatoms. The van der Waals surface area contributed by atoms with Crippen LogP contribution in [0.1, 0.15) is 23.9 Å². The fraction of sp³-hybridized carbons (Fsp3) is 0.312. The molecule has 0 radical (unpaired) electrons. The minimum atomic E-state index is 0.894. The molecule has 1 aromatic heterocycles. The second-order valence-corrected chi connectivity index (χ2v) is 5.62. The minimum Gasteiger partial charge on any atom is -0.294 e. The van der Waals surface area contributed by atoms with Crippen molar-refractivity contribution >= 4 is 15.9 Å². The number of pyridine rings is 1. The van der Waals surface area contributed by atoms with E-state index in [4.69, 9.17) is 0 Å². The average Bonchev–Trinajstić information content (AvgIpc) is 2.38. The molecular weight excluding hydrogens is 300 g/mol. The predicted octanol–water partition coefficient (Wildman–Crippen LogP) is 4.17. The number of nitrogens with zero attached hydrogens (tertiary/aromatic N) is 2. The Kier molecular flexibility index (Phi) is 5.11. The summed E-state index contributed by atoms with van der Waals surface area (Å²) in [7, 11) is 0. The molecule has 19 heavy (non-hydrogen) atoms. The van der Waals surface area contributed by atoms with Crippen LogP contribution in [0.2, 0.25) is 0 Å². The van der Waals surface area contributed by atoms with Gasteiger partial charge >= 0.3 is 0 Å². The maximum absolute atomic E-state index is 4.57. The molecule has 0 N–H and O–H groups in total. The second kappa shape index (κ2) is 6.83. The fourth-order valence-corrected chi connectivity index (χ4v) is 2.54. The van der Waals surface area contributed by atoms with E-state index in [1.165, 1.54) is 5.56 Å². The maximum Gasteiger partial charge on any atom is 0.0547 e. The van der Waals surface area contributed by atoms with Gasteiger partial charge in [0.15, 0.2) is 0 Å². The van der Waals surface area contributed by atoms with Crippen molar-refractivity contribution in [3.63, 3.8) is 0 Å². The van der Waals surface area contributed by atoms with E-state index in [-0.39, 0.29) is 0 Å². The Bertz CT molecular complexity index is 492. The summed E-state index contributed by atoms with van der Waals surface area (Å²) in [5.74, 6) is 0. The highest BCUT2D eigenvalue weighted by molar-refractivity contribution is 9.10. The normalized spacial score (nSPS) is 10.9. The van der Waals surface area contributed by atoms with Gasteiger partial charge in [0.2, 0.25) is 0 Å². The van der Waals surface area contributed by atoms with Crippen molar-refractivity contribution in [1.29, 1.82) is 0 Å². The van der Waals surface area contributed by atoms with Gasteiger partial charge in [0.1, 0.15) is 0 Å². The summed E-state index contributed by atoms with van der Waals surface area (Å²) >= 11 is 3.52. The summed E-state index contributed by atoms with van der Waals surface area (Å²) in [6, 6.07) is 14.7. The number of aryl methyl sites for hydroxylation is 1. The van der Waals surface area contributed by atoms with Crippen molar-refractivity contribution in [2.45, 2.75) is 26.9 Å². The Morgan fingerprint density at radius 3 is 2.58 bits per heavy atom. The molecule has 2 aromatic rings. The molecule has 100 valence electrons.